The molecule has 1 fully saturated rings. The molecule has 1 atom stereocenters. The molecule has 2 heterocycles. The maximum atomic E-state index is 13.2. The Kier molecular flexibility index (Phi) is 4.38. The molecule has 0 bridgehead atoms. The van der Waals surface area contributed by atoms with Crippen LogP contribution < -0.4 is 9.62 Å². The Morgan fingerprint density at radius 2 is 2.00 bits per heavy atom. The minimum atomic E-state index is -3.98. The van der Waals surface area contributed by atoms with E-state index in [2.05, 4.69) is 9.71 Å². The largest absolute Gasteiger partial charge is 0.388 e. The third-order valence-electron chi connectivity index (χ3n) is 3.98. The molecule has 6 nitrogen and oxygen atoms in total. The maximum absolute atomic E-state index is 13.2. The predicted molar refractivity (Wildman–Crippen MR) is 88.9 cm³/mol. The lowest BCUT2D eigenvalue weighted by Crippen LogP contribution is -2.30. The summed E-state index contributed by atoms with van der Waals surface area (Å²) < 4.78 is 52.9. The first-order valence-electron chi connectivity index (χ1n) is 7.58. The molecule has 3 rings (SSSR count). The van der Waals surface area contributed by atoms with Gasteiger partial charge >= 0.3 is 0 Å². The average molecular weight is 369 g/mol. The summed E-state index contributed by atoms with van der Waals surface area (Å²) >= 11 is 0. The van der Waals surface area contributed by atoms with Gasteiger partial charge < -0.3 is 10.0 Å². The van der Waals surface area contributed by atoms with E-state index < -0.39 is 27.3 Å². The summed E-state index contributed by atoms with van der Waals surface area (Å²) in [5.41, 5.74) is -0.876. The maximum Gasteiger partial charge on any atom is 0.263 e. The van der Waals surface area contributed by atoms with Crippen LogP contribution in [0.3, 0.4) is 0 Å². The molecule has 2 N–H and O–H groups in total. The van der Waals surface area contributed by atoms with E-state index in [0.717, 1.165) is 18.2 Å². The van der Waals surface area contributed by atoms with Crippen LogP contribution in [0.1, 0.15) is 13.3 Å². The van der Waals surface area contributed by atoms with Crippen molar-refractivity contribution in [3.63, 3.8) is 0 Å². The van der Waals surface area contributed by atoms with Gasteiger partial charge in [-0.05, 0) is 37.6 Å². The molecule has 1 saturated heterocycles. The van der Waals surface area contributed by atoms with E-state index >= 15 is 0 Å². The monoisotopic (exact) mass is 369 g/mol. The zero-order valence-electron chi connectivity index (χ0n) is 13.4. The lowest BCUT2D eigenvalue weighted by Gasteiger charge is -2.20. The average Bonchev–Trinajstić information content (AvgIpc) is 2.91. The number of anilines is 2. The fraction of sp³-hybridized carbons (Fsp3) is 0.312. The van der Waals surface area contributed by atoms with Crippen LogP contribution in [-0.2, 0) is 10.0 Å². The SMILES string of the molecule is CC1(O)CCN(c2ccc(S(=O)(=O)Nc3ccc(F)c(F)c3)cn2)C1. The van der Waals surface area contributed by atoms with Gasteiger partial charge in [-0.1, -0.05) is 0 Å². The molecule has 9 heteroatoms. The Labute approximate surface area is 144 Å². The quantitative estimate of drug-likeness (QED) is 0.863. The minimum Gasteiger partial charge on any atom is -0.388 e. The molecule has 0 radical (unpaired) electrons. The highest BCUT2D eigenvalue weighted by Gasteiger charge is 2.32. The number of nitrogens with one attached hydrogen (secondary N) is 1. The molecule has 1 aliphatic heterocycles. The summed E-state index contributed by atoms with van der Waals surface area (Å²) in [4.78, 5) is 5.88. The molecule has 1 aromatic heterocycles. The standard InChI is InChI=1S/C16H17F2N3O3S/c1-16(22)6-7-21(10-16)15-5-3-12(9-19-15)25(23,24)20-11-2-4-13(17)14(18)8-11/h2-5,8-9,20,22H,6-7,10H2,1H3. The number of sulfonamides is 1. The van der Waals surface area contributed by atoms with Crippen LogP contribution >= 0.6 is 0 Å². The second-order valence-corrected chi connectivity index (χ2v) is 7.94. The van der Waals surface area contributed by atoms with Gasteiger partial charge in [0.05, 0.1) is 11.3 Å². The Morgan fingerprint density at radius 3 is 2.56 bits per heavy atom. The van der Waals surface area contributed by atoms with Gasteiger partial charge in [-0.15, -0.1) is 0 Å². The van der Waals surface area contributed by atoms with Crippen LogP contribution in [0, 0.1) is 11.6 Å². The zero-order chi connectivity index (χ0) is 18.2. The van der Waals surface area contributed by atoms with Gasteiger partial charge in [0.1, 0.15) is 10.7 Å². The van der Waals surface area contributed by atoms with E-state index in [-0.39, 0.29) is 10.6 Å². The van der Waals surface area contributed by atoms with Crippen molar-refractivity contribution < 1.29 is 22.3 Å². The molecule has 2 aromatic rings. The van der Waals surface area contributed by atoms with Crippen molar-refractivity contribution in [3.8, 4) is 0 Å². The van der Waals surface area contributed by atoms with E-state index in [1.165, 1.54) is 12.3 Å². The number of pyridine rings is 1. The number of benzene rings is 1. The molecule has 1 aliphatic rings. The number of aliphatic hydroxyl groups is 1. The van der Waals surface area contributed by atoms with E-state index in [9.17, 15) is 22.3 Å². The van der Waals surface area contributed by atoms with Crippen LogP contribution in [0.15, 0.2) is 41.4 Å². The van der Waals surface area contributed by atoms with Crippen molar-refractivity contribution >= 4 is 21.5 Å². The summed E-state index contributed by atoms with van der Waals surface area (Å²) in [6, 6.07) is 5.65. The summed E-state index contributed by atoms with van der Waals surface area (Å²) in [5.74, 6) is -1.64. The smallest absolute Gasteiger partial charge is 0.263 e. The van der Waals surface area contributed by atoms with Crippen LogP contribution in [0.5, 0.6) is 0 Å². The molecule has 0 saturated carbocycles. The number of aromatic nitrogens is 1. The number of β-amino-alcohol motifs (C(OH)–C–C–N with tert-alkyl or cyclic N) is 1. The normalized spacial score (nSPS) is 20.7. The lowest BCUT2D eigenvalue weighted by molar-refractivity contribution is 0.0839. The Balaban J connectivity index is 1.77. The highest BCUT2D eigenvalue weighted by atomic mass is 32.2. The Morgan fingerprint density at radius 1 is 1.24 bits per heavy atom. The van der Waals surface area contributed by atoms with Gasteiger partial charge in [0.15, 0.2) is 11.6 Å². The molecule has 25 heavy (non-hydrogen) atoms. The Bertz CT molecular complexity index is 886. The zero-order valence-corrected chi connectivity index (χ0v) is 14.2. The summed E-state index contributed by atoms with van der Waals surface area (Å²) in [7, 11) is -3.98. The first kappa shape index (κ1) is 17.6. The van der Waals surface area contributed by atoms with Crippen molar-refractivity contribution in [1.29, 1.82) is 0 Å². The second kappa shape index (κ2) is 6.23. The third-order valence-corrected chi connectivity index (χ3v) is 5.35. The summed E-state index contributed by atoms with van der Waals surface area (Å²) in [5, 5.41) is 9.98. The first-order chi connectivity index (χ1) is 11.7. The molecule has 134 valence electrons. The van der Waals surface area contributed by atoms with E-state index in [1.54, 1.807) is 13.0 Å². The van der Waals surface area contributed by atoms with Crippen molar-refractivity contribution in [1.82, 2.24) is 4.98 Å². The predicted octanol–water partition coefficient (Wildman–Crippen LogP) is 2.12. The molecular formula is C16H17F2N3O3S. The summed E-state index contributed by atoms with van der Waals surface area (Å²) in [6.07, 6.45) is 1.79. The van der Waals surface area contributed by atoms with E-state index in [1.807, 2.05) is 4.90 Å². The van der Waals surface area contributed by atoms with E-state index in [0.29, 0.717) is 25.3 Å². The van der Waals surface area contributed by atoms with Gasteiger partial charge in [-0.25, -0.2) is 22.2 Å². The number of hydrogen-bond acceptors (Lipinski definition) is 5. The minimum absolute atomic E-state index is 0.0847. The van der Waals surface area contributed by atoms with E-state index in [4.69, 9.17) is 0 Å². The molecule has 1 aromatic carbocycles. The fourth-order valence-electron chi connectivity index (χ4n) is 2.63. The van der Waals surface area contributed by atoms with Crippen LogP contribution in [-0.4, -0.2) is 37.2 Å². The number of hydrogen-bond donors (Lipinski definition) is 2. The Hall–Kier alpha value is -2.26. The third kappa shape index (κ3) is 3.88. The highest BCUT2D eigenvalue weighted by molar-refractivity contribution is 7.92. The van der Waals surface area contributed by atoms with Crippen molar-refractivity contribution in [3.05, 3.63) is 48.2 Å². The first-order valence-corrected chi connectivity index (χ1v) is 9.06. The molecule has 0 amide bonds. The molecular weight excluding hydrogens is 352 g/mol. The van der Waals surface area contributed by atoms with Crippen molar-refractivity contribution in [2.45, 2.75) is 23.8 Å². The number of rotatable bonds is 4. The van der Waals surface area contributed by atoms with Gasteiger partial charge in [0, 0.05) is 25.4 Å². The second-order valence-electron chi connectivity index (χ2n) is 6.25. The van der Waals surface area contributed by atoms with Gasteiger partial charge in [0.25, 0.3) is 10.0 Å². The van der Waals surface area contributed by atoms with Crippen LogP contribution in [0.4, 0.5) is 20.3 Å². The fourth-order valence-corrected chi connectivity index (χ4v) is 3.63. The molecule has 0 aliphatic carbocycles. The van der Waals surface area contributed by atoms with Crippen LogP contribution in [0.2, 0.25) is 0 Å². The molecule has 0 spiro atoms. The number of halogens is 2. The van der Waals surface area contributed by atoms with Gasteiger partial charge in [-0.3, -0.25) is 4.72 Å². The van der Waals surface area contributed by atoms with Crippen molar-refractivity contribution in [2.75, 3.05) is 22.7 Å². The molecule has 1 unspecified atom stereocenters. The lowest BCUT2D eigenvalue weighted by atomic mass is 10.1. The topological polar surface area (TPSA) is 82.5 Å². The van der Waals surface area contributed by atoms with Crippen molar-refractivity contribution in [2.24, 2.45) is 0 Å². The summed E-state index contributed by atoms with van der Waals surface area (Å²) in [6.45, 7) is 2.77. The van der Waals surface area contributed by atoms with Gasteiger partial charge in [0.2, 0.25) is 0 Å². The van der Waals surface area contributed by atoms with Crippen LogP contribution in [0.25, 0.3) is 0 Å². The van der Waals surface area contributed by atoms with Gasteiger partial charge in [-0.2, -0.15) is 0 Å². The number of nitrogens with zero attached hydrogens (tertiary/aromatic N) is 2. The highest BCUT2D eigenvalue weighted by Crippen LogP contribution is 2.26.